The molecule has 3 aliphatic rings. The number of ether oxygens (including phenoxy) is 1. The van der Waals surface area contributed by atoms with E-state index in [-0.39, 0.29) is 39.5 Å². The zero-order valence-corrected chi connectivity index (χ0v) is 21.2. The number of hydrogen-bond acceptors (Lipinski definition) is 8. The van der Waals surface area contributed by atoms with Crippen molar-refractivity contribution >= 4 is 34.4 Å². The lowest BCUT2D eigenvalue weighted by molar-refractivity contribution is -0.154. The van der Waals surface area contributed by atoms with Crippen LogP contribution in [0.3, 0.4) is 0 Å². The second kappa shape index (κ2) is 8.82. The molecule has 5 rings (SSSR count). The van der Waals surface area contributed by atoms with Gasteiger partial charge in [0.1, 0.15) is 16.3 Å². The summed E-state index contributed by atoms with van der Waals surface area (Å²) in [4.78, 5) is 37.8. The molecule has 0 radical (unpaired) electrons. The summed E-state index contributed by atoms with van der Waals surface area (Å²) in [5, 5.41) is 5.83. The minimum absolute atomic E-state index is 0.136. The topological polar surface area (TPSA) is 132 Å². The van der Waals surface area contributed by atoms with Gasteiger partial charge >= 0.3 is 6.18 Å². The molecule has 4 N–H and O–H groups in total. The Hall–Kier alpha value is -3.42. The van der Waals surface area contributed by atoms with Crippen LogP contribution in [0.15, 0.2) is 35.6 Å². The summed E-state index contributed by atoms with van der Waals surface area (Å²) < 4.78 is 55.7. The van der Waals surface area contributed by atoms with Crippen molar-refractivity contribution in [2.75, 3.05) is 11.9 Å². The third kappa shape index (κ3) is 5.00. The van der Waals surface area contributed by atoms with Crippen molar-refractivity contribution in [1.29, 1.82) is 0 Å². The monoisotopic (exact) mass is 552 g/mol. The molecular formula is C24H24F4N6O3S. The number of aromatic nitrogens is 2. The van der Waals surface area contributed by atoms with E-state index in [1.165, 1.54) is 30.0 Å². The average Bonchev–Trinajstić information content (AvgIpc) is 3.75. The van der Waals surface area contributed by atoms with Gasteiger partial charge in [0.05, 0.1) is 17.9 Å². The van der Waals surface area contributed by atoms with Gasteiger partial charge in [0.25, 0.3) is 5.91 Å². The van der Waals surface area contributed by atoms with E-state index in [0.29, 0.717) is 6.42 Å². The molecule has 38 heavy (non-hydrogen) atoms. The average molecular weight is 553 g/mol. The third-order valence-corrected chi connectivity index (χ3v) is 8.33. The van der Waals surface area contributed by atoms with Crippen molar-refractivity contribution in [1.82, 2.24) is 15.3 Å². The molecule has 2 heterocycles. The number of hydrogen-bond donors (Lipinski definition) is 3. The zero-order valence-electron chi connectivity index (χ0n) is 20.4. The van der Waals surface area contributed by atoms with Gasteiger partial charge in [-0.1, -0.05) is 11.8 Å². The van der Waals surface area contributed by atoms with Crippen LogP contribution in [0, 0.1) is 11.7 Å². The van der Waals surface area contributed by atoms with E-state index in [4.69, 9.17) is 5.73 Å². The Kier molecular flexibility index (Phi) is 6.08. The number of benzene rings is 1. The van der Waals surface area contributed by atoms with Crippen molar-refractivity contribution in [2.45, 2.75) is 55.1 Å². The van der Waals surface area contributed by atoms with E-state index in [0.717, 1.165) is 25.2 Å². The molecule has 2 saturated carbocycles. The first-order valence-corrected chi connectivity index (χ1v) is 12.5. The van der Waals surface area contributed by atoms with E-state index >= 15 is 4.39 Å². The van der Waals surface area contributed by atoms with Crippen molar-refractivity contribution < 1.29 is 31.9 Å². The van der Waals surface area contributed by atoms with Crippen LogP contribution in [0.2, 0.25) is 0 Å². The molecule has 0 saturated heterocycles. The molecule has 3 atom stereocenters. The molecule has 1 aromatic heterocycles. The predicted molar refractivity (Wildman–Crippen MR) is 131 cm³/mol. The maximum Gasteiger partial charge on any atom is 0.422 e. The van der Waals surface area contributed by atoms with Gasteiger partial charge in [-0.2, -0.15) is 13.2 Å². The summed E-state index contributed by atoms with van der Waals surface area (Å²) in [6, 6.07) is 3.95. The minimum atomic E-state index is -4.54. The Morgan fingerprint density at radius 2 is 1.95 bits per heavy atom. The molecule has 0 spiro atoms. The number of halogens is 4. The van der Waals surface area contributed by atoms with Crippen molar-refractivity contribution in [3.8, 4) is 5.88 Å². The molecule has 0 bridgehead atoms. The number of aliphatic imine (C=N–C) groups is 1. The van der Waals surface area contributed by atoms with Crippen LogP contribution in [0.1, 0.15) is 49.2 Å². The highest BCUT2D eigenvalue weighted by molar-refractivity contribution is 8.15. The fraction of sp³-hybridized carbons (Fsp3) is 0.458. The van der Waals surface area contributed by atoms with E-state index in [1.54, 1.807) is 6.92 Å². The zero-order chi connectivity index (χ0) is 27.5. The fourth-order valence-corrected chi connectivity index (χ4v) is 5.99. The van der Waals surface area contributed by atoms with Crippen LogP contribution in [-0.2, 0) is 10.3 Å². The highest BCUT2D eigenvalue weighted by Gasteiger charge is 2.71. The van der Waals surface area contributed by atoms with E-state index in [2.05, 4.69) is 30.3 Å². The number of rotatable bonds is 7. The predicted octanol–water partition coefficient (Wildman–Crippen LogP) is 3.51. The van der Waals surface area contributed by atoms with Gasteiger partial charge in [0.15, 0.2) is 11.8 Å². The number of carbonyl (C=O) groups excluding carboxylic acids is 2. The van der Waals surface area contributed by atoms with Gasteiger partial charge < -0.3 is 21.1 Å². The maximum absolute atomic E-state index is 15.1. The molecule has 2 amide bonds. The summed E-state index contributed by atoms with van der Waals surface area (Å²) in [5.41, 5.74) is 4.94. The fourth-order valence-electron chi connectivity index (χ4n) is 4.61. The van der Waals surface area contributed by atoms with Crippen molar-refractivity contribution in [2.24, 2.45) is 16.6 Å². The van der Waals surface area contributed by atoms with E-state index in [1.807, 2.05) is 6.92 Å². The maximum atomic E-state index is 15.1. The van der Waals surface area contributed by atoms with Gasteiger partial charge in [0.2, 0.25) is 11.8 Å². The SMILES string of the molecule is CC1(NC(=O)[C@]23CC2[C@@](C)(c2cc(NC(=O)c4cnc(OCC(F)(F)F)cn4)ccc2F)N=C(N)S3)CC1. The molecule has 2 fully saturated rings. The first kappa shape index (κ1) is 26.2. The first-order valence-electron chi connectivity index (χ1n) is 11.7. The Morgan fingerprint density at radius 1 is 1.21 bits per heavy atom. The second-order valence-electron chi connectivity index (χ2n) is 10.2. The Morgan fingerprint density at radius 3 is 2.58 bits per heavy atom. The smallest absolute Gasteiger partial charge is 0.422 e. The number of thioether (sulfide) groups is 1. The molecular weight excluding hydrogens is 528 g/mol. The van der Waals surface area contributed by atoms with Crippen LogP contribution in [0.4, 0.5) is 23.2 Å². The summed E-state index contributed by atoms with van der Waals surface area (Å²) >= 11 is 1.20. The standard InChI is InChI=1S/C24H24F4N6O3S/c1-21(5-6-21)33-19(36)23-8-16(23)22(2,34-20(29)38-23)13-7-12(3-4-14(13)25)32-18(35)15-9-31-17(10-30-15)37-11-24(26,27)28/h3-4,7,9-10,16H,5-6,8,11H2,1-2H3,(H2,29,34)(H,32,35)(H,33,36)/t16?,22-,23+/m1/s1. The van der Waals surface area contributed by atoms with Crippen LogP contribution < -0.4 is 21.1 Å². The number of amidine groups is 1. The lowest BCUT2D eigenvalue weighted by Crippen LogP contribution is -2.47. The van der Waals surface area contributed by atoms with Crippen LogP contribution >= 0.6 is 11.8 Å². The van der Waals surface area contributed by atoms with Crippen molar-refractivity contribution in [3.05, 3.63) is 47.7 Å². The highest BCUT2D eigenvalue weighted by atomic mass is 32.2. The van der Waals surface area contributed by atoms with Gasteiger partial charge in [-0.3, -0.25) is 14.6 Å². The van der Waals surface area contributed by atoms with Gasteiger partial charge in [0, 0.05) is 22.7 Å². The molecule has 1 aliphatic heterocycles. The number of nitrogens with zero attached hydrogens (tertiary/aromatic N) is 3. The molecule has 9 nitrogen and oxygen atoms in total. The highest BCUT2D eigenvalue weighted by Crippen LogP contribution is 2.66. The number of anilines is 1. The lowest BCUT2D eigenvalue weighted by Gasteiger charge is -2.34. The number of nitrogens with two attached hydrogens (primary N) is 1. The molecule has 1 unspecified atom stereocenters. The first-order chi connectivity index (χ1) is 17.7. The number of fused-ring (bicyclic) bond motifs is 1. The summed E-state index contributed by atoms with van der Waals surface area (Å²) in [6.45, 7) is 2.15. The van der Waals surface area contributed by atoms with Gasteiger partial charge in [-0.15, -0.1) is 0 Å². The van der Waals surface area contributed by atoms with Crippen LogP contribution in [0.25, 0.3) is 0 Å². The number of carbonyl (C=O) groups is 2. The quantitative estimate of drug-likeness (QED) is 0.448. The Labute approximate surface area is 219 Å². The molecule has 14 heteroatoms. The summed E-state index contributed by atoms with van der Waals surface area (Å²) in [7, 11) is 0. The van der Waals surface area contributed by atoms with Crippen molar-refractivity contribution in [3.63, 3.8) is 0 Å². The number of alkyl halides is 3. The molecule has 2 aromatic rings. The largest absolute Gasteiger partial charge is 0.467 e. The Balaban J connectivity index is 1.34. The number of nitrogens with one attached hydrogen (secondary N) is 2. The van der Waals surface area contributed by atoms with E-state index in [9.17, 15) is 22.8 Å². The third-order valence-electron chi connectivity index (χ3n) is 7.03. The van der Waals surface area contributed by atoms with Crippen LogP contribution in [-0.4, -0.2) is 50.0 Å². The summed E-state index contributed by atoms with van der Waals surface area (Å²) in [6.07, 6.45) is -0.416. The van der Waals surface area contributed by atoms with E-state index < -0.39 is 40.7 Å². The normalized spacial score (nSPS) is 27.0. The van der Waals surface area contributed by atoms with Gasteiger partial charge in [-0.05, 0) is 51.3 Å². The molecule has 2 aliphatic carbocycles. The minimum Gasteiger partial charge on any atom is -0.467 e. The number of amides is 2. The van der Waals surface area contributed by atoms with Crippen LogP contribution in [0.5, 0.6) is 5.88 Å². The summed E-state index contributed by atoms with van der Waals surface area (Å²) in [5.74, 6) is -2.14. The molecule has 1 aromatic carbocycles. The van der Waals surface area contributed by atoms with Gasteiger partial charge in [-0.25, -0.2) is 14.4 Å². The molecule has 202 valence electrons. The second-order valence-corrected chi connectivity index (χ2v) is 11.5. The Bertz CT molecular complexity index is 1330. The lowest BCUT2D eigenvalue weighted by atomic mass is 9.85.